The van der Waals surface area contributed by atoms with Crippen LogP contribution in [0, 0.1) is 0 Å². The molecular weight excluding hydrogens is 332 g/mol. The molecule has 0 bridgehead atoms. The highest BCUT2D eigenvalue weighted by molar-refractivity contribution is 5.86. The maximum absolute atomic E-state index is 12.6. The van der Waals surface area contributed by atoms with Crippen molar-refractivity contribution in [3.05, 3.63) is 71.9 Å². The summed E-state index contributed by atoms with van der Waals surface area (Å²) >= 11 is 0. The first-order chi connectivity index (χ1) is 13.2. The molecule has 27 heavy (non-hydrogen) atoms. The van der Waals surface area contributed by atoms with Crippen molar-refractivity contribution >= 4 is 16.8 Å². The van der Waals surface area contributed by atoms with Crippen LogP contribution in [-0.4, -0.2) is 17.0 Å². The molecule has 1 heterocycles. The predicted molar refractivity (Wildman–Crippen MR) is 113 cm³/mol. The van der Waals surface area contributed by atoms with E-state index in [1.165, 1.54) is 28.5 Å². The van der Waals surface area contributed by atoms with Gasteiger partial charge in [0, 0.05) is 37.1 Å². The minimum Gasteiger partial charge on any atom is -0.356 e. The Balaban J connectivity index is 1.82. The van der Waals surface area contributed by atoms with Gasteiger partial charge in [-0.3, -0.25) is 4.79 Å². The van der Waals surface area contributed by atoms with Gasteiger partial charge in [-0.1, -0.05) is 68.3 Å². The van der Waals surface area contributed by atoms with Gasteiger partial charge in [-0.15, -0.1) is 0 Å². The average molecular weight is 363 g/mol. The van der Waals surface area contributed by atoms with Crippen LogP contribution in [0.3, 0.4) is 0 Å². The van der Waals surface area contributed by atoms with E-state index in [-0.39, 0.29) is 11.8 Å². The Morgan fingerprint density at radius 2 is 1.78 bits per heavy atom. The number of rotatable bonds is 9. The third-order valence-corrected chi connectivity index (χ3v) is 5.23. The van der Waals surface area contributed by atoms with Crippen LogP contribution in [0.5, 0.6) is 0 Å². The number of amides is 1. The monoisotopic (exact) mass is 362 g/mol. The van der Waals surface area contributed by atoms with E-state index in [9.17, 15) is 4.79 Å². The lowest BCUT2D eigenvalue weighted by Crippen LogP contribution is -2.26. The van der Waals surface area contributed by atoms with Crippen LogP contribution >= 0.6 is 0 Å². The zero-order valence-corrected chi connectivity index (χ0v) is 16.4. The van der Waals surface area contributed by atoms with Gasteiger partial charge in [0.05, 0.1) is 0 Å². The summed E-state index contributed by atoms with van der Waals surface area (Å²) in [4.78, 5) is 12.6. The number of carbonyl (C=O) groups excluding carboxylic acids is 1. The molecule has 1 N–H and O–H groups in total. The number of hydrogen-bond donors (Lipinski definition) is 1. The maximum atomic E-state index is 12.6. The number of hydrogen-bond acceptors (Lipinski definition) is 1. The Morgan fingerprint density at radius 1 is 1.04 bits per heavy atom. The van der Waals surface area contributed by atoms with Gasteiger partial charge in [0.2, 0.25) is 5.91 Å². The number of aromatic nitrogens is 1. The first-order valence-corrected chi connectivity index (χ1v) is 10.0. The fourth-order valence-electron chi connectivity index (χ4n) is 3.79. The molecule has 1 unspecified atom stereocenters. The maximum Gasteiger partial charge on any atom is 0.220 e. The van der Waals surface area contributed by atoms with E-state index in [0.29, 0.717) is 6.42 Å². The summed E-state index contributed by atoms with van der Waals surface area (Å²) < 4.78 is 2.17. The fourth-order valence-corrected chi connectivity index (χ4v) is 3.79. The van der Waals surface area contributed by atoms with Crippen LogP contribution in [0.25, 0.3) is 10.9 Å². The summed E-state index contributed by atoms with van der Waals surface area (Å²) in [5.41, 5.74) is 3.75. The van der Waals surface area contributed by atoms with Crippen molar-refractivity contribution < 1.29 is 4.79 Å². The molecule has 0 radical (unpaired) electrons. The van der Waals surface area contributed by atoms with Crippen molar-refractivity contribution in [2.24, 2.45) is 7.05 Å². The summed E-state index contributed by atoms with van der Waals surface area (Å²) in [6.07, 6.45) is 6.98. The zero-order chi connectivity index (χ0) is 19.1. The van der Waals surface area contributed by atoms with Crippen LogP contribution in [0.2, 0.25) is 0 Å². The molecule has 3 aromatic rings. The molecule has 0 aliphatic heterocycles. The summed E-state index contributed by atoms with van der Waals surface area (Å²) in [6, 6.07) is 18.9. The van der Waals surface area contributed by atoms with Gasteiger partial charge in [-0.05, 0) is 36.0 Å². The molecule has 0 spiro atoms. The lowest BCUT2D eigenvalue weighted by Gasteiger charge is -2.17. The number of aryl methyl sites for hydroxylation is 1. The molecule has 1 aromatic heterocycles. The summed E-state index contributed by atoms with van der Waals surface area (Å²) in [5.74, 6) is 0.324. The Bertz CT molecular complexity index is 866. The van der Waals surface area contributed by atoms with E-state index in [0.717, 1.165) is 25.8 Å². The van der Waals surface area contributed by atoms with E-state index >= 15 is 0 Å². The Morgan fingerprint density at radius 3 is 2.56 bits per heavy atom. The molecule has 3 nitrogen and oxygen atoms in total. The quantitative estimate of drug-likeness (QED) is 0.522. The van der Waals surface area contributed by atoms with Crippen molar-refractivity contribution in [3.8, 4) is 0 Å². The highest BCUT2D eigenvalue weighted by Crippen LogP contribution is 2.32. The second-order valence-electron chi connectivity index (χ2n) is 7.36. The number of nitrogens with one attached hydrogen (secondary N) is 1. The molecule has 0 saturated carbocycles. The van der Waals surface area contributed by atoms with E-state index in [1.54, 1.807) is 0 Å². The Hall–Kier alpha value is -2.55. The van der Waals surface area contributed by atoms with Crippen molar-refractivity contribution in [3.63, 3.8) is 0 Å². The van der Waals surface area contributed by atoms with E-state index in [1.807, 2.05) is 6.07 Å². The van der Waals surface area contributed by atoms with Crippen LogP contribution < -0.4 is 5.32 Å². The molecule has 142 valence electrons. The number of carbonyl (C=O) groups is 1. The number of para-hydroxylation sites is 1. The summed E-state index contributed by atoms with van der Waals surface area (Å²) in [6.45, 7) is 2.96. The minimum atomic E-state index is 0.153. The third kappa shape index (κ3) is 5.00. The minimum absolute atomic E-state index is 0.153. The second-order valence-corrected chi connectivity index (χ2v) is 7.36. The molecule has 0 fully saturated rings. The molecule has 0 aliphatic rings. The van der Waals surface area contributed by atoms with E-state index < -0.39 is 0 Å². The summed E-state index contributed by atoms with van der Waals surface area (Å²) in [5, 5.41) is 4.36. The molecule has 0 aliphatic carbocycles. The summed E-state index contributed by atoms with van der Waals surface area (Å²) in [7, 11) is 2.08. The predicted octanol–water partition coefficient (Wildman–Crippen LogP) is 5.20. The van der Waals surface area contributed by atoms with Crippen LogP contribution in [0.1, 0.15) is 49.7 Å². The second kappa shape index (κ2) is 9.40. The van der Waals surface area contributed by atoms with Crippen LogP contribution in [0.15, 0.2) is 60.8 Å². The fraction of sp³-hybridized carbons (Fsp3) is 0.375. The normalized spacial score (nSPS) is 12.2. The van der Waals surface area contributed by atoms with E-state index in [2.05, 4.69) is 78.6 Å². The lowest BCUT2D eigenvalue weighted by atomic mass is 9.88. The van der Waals surface area contributed by atoms with Gasteiger partial charge < -0.3 is 9.88 Å². The van der Waals surface area contributed by atoms with Gasteiger partial charge in [-0.25, -0.2) is 0 Å². The van der Waals surface area contributed by atoms with Crippen molar-refractivity contribution in [2.75, 3.05) is 6.54 Å². The standard InChI is InChI=1S/C24H30N2O/c1-3-4-10-15-25-24(27)17-20(16-19-11-6-5-7-12-19)22-18-26(2)23-14-9-8-13-21(22)23/h5-9,11-14,18,20H,3-4,10,15-17H2,1-2H3,(H,25,27). The highest BCUT2D eigenvalue weighted by Gasteiger charge is 2.20. The Labute approximate surface area is 162 Å². The molecular formula is C24H30N2O. The number of unbranched alkanes of at least 4 members (excludes halogenated alkanes) is 2. The topological polar surface area (TPSA) is 34.0 Å². The highest BCUT2D eigenvalue weighted by atomic mass is 16.1. The lowest BCUT2D eigenvalue weighted by molar-refractivity contribution is -0.121. The molecule has 0 saturated heterocycles. The Kier molecular flexibility index (Phi) is 6.69. The molecule has 3 rings (SSSR count). The largest absolute Gasteiger partial charge is 0.356 e. The van der Waals surface area contributed by atoms with Gasteiger partial charge in [0.25, 0.3) is 0 Å². The number of benzene rings is 2. The van der Waals surface area contributed by atoms with Gasteiger partial charge >= 0.3 is 0 Å². The van der Waals surface area contributed by atoms with Crippen molar-refractivity contribution in [1.29, 1.82) is 0 Å². The van der Waals surface area contributed by atoms with Gasteiger partial charge in [0.1, 0.15) is 0 Å². The SMILES string of the molecule is CCCCCNC(=O)CC(Cc1ccccc1)c1cn(C)c2ccccc12. The average Bonchev–Trinajstić information content (AvgIpc) is 3.03. The van der Waals surface area contributed by atoms with Gasteiger partial charge in [-0.2, -0.15) is 0 Å². The van der Waals surface area contributed by atoms with Crippen molar-refractivity contribution in [1.82, 2.24) is 9.88 Å². The first-order valence-electron chi connectivity index (χ1n) is 10.0. The van der Waals surface area contributed by atoms with Crippen LogP contribution in [-0.2, 0) is 18.3 Å². The molecule has 1 atom stereocenters. The zero-order valence-electron chi connectivity index (χ0n) is 16.4. The number of nitrogens with zero attached hydrogens (tertiary/aromatic N) is 1. The van der Waals surface area contributed by atoms with E-state index in [4.69, 9.17) is 0 Å². The molecule has 3 heteroatoms. The number of fused-ring (bicyclic) bond motifs is 1. The smallest absolute Gasteiger partial charge is 0.220 e. The van der Waals surface area contributed by atoms with Crippen molar-refractivity contribution in [2.45, 2.75) is 44.9 Å². The first kappa shape index (κ1) is 19.2. The molecule has 1 amide bonds. The van der Waals surface area contributed by atoms with Gasteiger partial charge in [0.15, 0.2) is 0 Å². The third-order valence-electron chi connectivity index (χ3n) is 5.23. The van der Waals surface area contributed by atoms with Crippen LogP contribution in [0.4, 0.5) is 0 Å². The molecule has 2 aromatic carbocycles.